The molecule has 0 aliphatic carbocycles. The summed E-state index contributed by atoms with van der Waals surface area (Å²) in [6, 6.07) is 3.23. The molecule has 15 heavy (non-hydrogen) atoms. The van der Waals surface area contributed by atoms with Crippen molar-refractivity contribution >= 4 is 11.6 Å². The molecule has 1 rings (SSSR count). The van der Waals surface area contributed by atoms with Crippen molar-refractivity contribution in [2.45, 2.75) is 25.2 Å². The van der Waals surface area contributed by atoms with Gasteiger partial charge in [-0.2, -0.15) is 0 Å². The normalized spacial score (nSPS) is 14.9. The van der Waals surface area contributed by atoms with Crippen LogP contribution in [0.4, 0.5) is 0 Å². The third-order valence-electron chi connectivity index (χ3n) is 2.12. The molecule has 0 bridgehead atoms. The average Bonchev–Trinajstić information content (AvgIpc) is 2.28. The Labute approximate surface area is 93.2 Å². The van der Waals surface area contributed by atoms with E-state index >= 15 is 0 Å². The average molecular weight is 232 g/mol. The molecule has 0 spiro atoms. The van der Waals surface area contributed by atoms with E-state index in [-0.39, 0.29) is 6.61 Å². The van der Waals surface area contributed by atoms with Gasteiger partial charge in [-0.15, -0.1) is 11.6 Å². The highest BCUT2D eigenvalue weighted by molar-refractivity contribution is 6.17. The lowest BCUT2D eigenvalue weighted by Crippen LogP contribution is -2.18. The largest absolute Gasteiger partial charge is 0.390 e. The van der Waals surface area contributed by atoms with E-state index in [1.165, 1.54) is 6.20 Å². The Hall–Kier alpha value is -0.680. The molecule has 2 unspecified atom stereocenters. The Kier molecular flexibility index (Phi) is 4.98. The first-order chi connectivity index (χ1) is 7.19. The summed E-state index contributed by atoms with van der Waals surface area (Å²) >= 11 is 5.46. The standard InChI is InChI=1S/C10H14ClNO3/c11-4-3-9(14)10(15)7-1-2-8(6-13)12-5-7/h1-2,5,9-10,13-15H,3-4,6H2. The van der Waals surface area contributed by atoms with Crippen molar-refractivity contribution in [3.63, 3.8) is 0 Å². The van der Waals surface area contributed by atoms with Gasteiger partial charge in [0.15, 0.2) is 0 Å². The van der Waals surface area contributed by atoms with E-state index in [4.69, 9.17) is 16.7 Å². The van der Waals surface area contributed by atoms with Gasteiger partial charge in [0, 0.05) is 17.6 Å². The lowest BCUT2D eigenvalue weighted by Gasteiger charge is -2.16. The minimum absolute atomic E-state index is 0.138. The minimum atomic E-state index is -0.982. The summed E-state index contributed by atoms with van der Waals surface area (Å²) in [4.78, 5) is 3.91. The third kappa shape index (κ3) is 3.43. The summed E-state index contributed by atoms with van der Waals surface area (Å²) in [5, 5.41) is 27.9. The van der Waals surface area contributed by atoms with Crippen LogP contribution in [0.1, 0.15) is 23.8 Å². The Bertz CT molecular complexity index is 291. The van der Waals surface area contributed by atoms with Crippen LogP contribution < -0.4 is 0 Å². The van der Waals surface area contributed by atoms with E-state index in [1.807, 2.05) is 0 Å². The van der Waals surface area contributed by atoms with E-state index in [2.05, 4.69) is 4.98 Å². The molecule has 0 aliphatic rings. The van der Waals surface area contributed by atoms with Crippen molar-refractivity contribution < 1.29 is 15.3 Å². The molecule has 5 heteroatoms. The van der Waals surface area contributed by atoms with Crippen LogP contribution in [0, 0.1) is 0 Å². The second-order valence-electron chi connectivity index (χ2n) is 3.23. The fraction of sp³-hybridized carbons (Fsp3) is 0.500. The van der Waals surface area contributed by atoms with Crippen molar-refractivity contribution in [3.05, 3.63) is 29.6 Å². The van der Waals surface area contributed by atoms with Crippen LogP contribution in [0.5, 0.6) is 0 Å². The molecule has 0 aromatic carbocycles. The molecule has 2 atom stereocenters. The van der Waals surface area contributed by atoms with Crippen LogP contribution in [0.3, 0.4) is 0 Å². The first-order valence-corrected chi connectivity index (χ1v) is 5.20. The van der Waals surface area contributed by atoms with Gasteiger partial charge in [-0.1, -0.05) is 6.07 Å². The number of pyridine rings is 1. The number of hydrogen-bond acceptors (Lipinski definition) is 4. The summed E-state index contributed by atoms with van der Waals surface area (Å²) in [6.45, 7) is -0.138. The number of aromatic nitrogens is 1. The van der Waals surface area contributed by atoms with Crippen molar-refractivity contribution in [1.82, 2.24) is 4.98 Å². The first kappa shape index (κ1) is 12.4. The molecule has 0 fully saturated rings. The van der Waals surface area contributed by atoms with E-state index in [1.54, 1.807) is 12.1 Å². The molecule has 0 saturated heterocycles. The Morgan fingerprint density at radius 1 is 1.33 bits per heavy atom. The zero-order valence-corrected chi connectivity index (χ0v) is 8.93. The predicted octanol–water partition coefficient (Wildman–Crippen LogP) is 0.597. The van der Waals surface area contributed by atoms with Crippen LogP contribution in [-0.2, 0) is 6.61 Å². The van der Waals surface area contributed by atoms with Gasteiger partial charge in [0.05, 0.1) is 18.4 Å². The Morgan fingerprint density at radius 3 is 2.53 bits per heavy atom. The van der Waals surface area contributed by atoms with Crippen molar-refractivity contribution in [2.75, 3.05) is 5.88 Å². The van der Waals surface area contributed by atoms with E-state index in [0.29, 0.717) is 23.6 Å². The van der Waals surface area contributed by atoms with E-state index in [0.717, 1.165) is 0 Å². The molecule has 1 aromatic rings. The Morgan fingerprint density at radius 2 is 2.07 bits per heavy atom. The van der Waals surface area contributed by atoms with Gasteiger partial charge < -0.3 is 15.3 Å². The topological polar surface area (TPSA) is 73.6 Å². The summed E-state index contributed by atoms with van der Waals surface area (Å²) < 4.78 is 0. The highest BCUT2D eigenvalue weighted by Crippen LogP contribution is 2.18. The van der Waals surface area contributed by atoms with Crippen LogP contribution in [-0.4, -0.2) is 32.3 Å². The summed E-state index contributed by atoms with van der Waals surface area (Å²) in [5.74, 6) is 0.292. The summed E-state index contributed by atoms with van der Waals surface area (Å²) in [7, 11) is 0. The molecule has 3 N–H and O–H groups in total. The van der Waals surface area contributed by atoms with Crippen molar-refractivity contribution in [3.8, 4) is 0 Å². The molecule has 1 aromatic heterocycles. The molecular formula is C10H14ClNO3. The zero-order valence-electron chi connectivity index (χ0n) is 8.17. The van der Waals surface area contributed by atoms with Crippen LogP contribution in [0.2, 0.25) is 0 Å². The number of hydrogen-bond donors (Lipinski definition) is 3. The fourth-order valence-corrected chi connectivity index (χ4v) is 1.42. The number of halogens is 1. The smallest absolute Gasteiger partial charge is 0.106 e. The fourth-order valence-electron chi connectivity index (χ4n) is 1.20. The van der Waals surface area contributed by atoms with Crippen molar-refractivity contribution in [1.29, 1.82) is 0 Å². The van der Waals surface area contributed by atoms with Gasteiger partial charge in [0.2, 0.25) is 0 Å². The van der Waals surface area contributed by atoms with Crippen molar-refractivity contribution in [2.24, 2.45) is 0 Å². The van der Waals surface area contributed by atoms with Gasteiger partial charge in [0.1, 0.15) is 6.10 Å². The van der Waals surface area contributed by atoms with Gasteiger partial charge in [-0.25, -0.2) is 0 Å². The van der Waals surface area contributed by atoms with Gasteiger partial charge in [0.25, 0.3) is 0 Å². The zero-order chi connectivity index (χ0) is 11.3. The molecular weight excluding hydrogens is 218 g/mol. The summed E-state index contributed by atoms with van der Waals surface area (Å²) in [5.41, 5.74) is 1.04. The second-order valence-corrected chi connectivity index (χ2v) is 3.61. The second kappa shape index (κ2) is 6.02. The van der Waals surface area contributed by atoms with Gasteiger partial charge in [-0.3, -0.25) is 4.98 Å². The van der Waals surface area contributed by atoms with Crippen LogP contribution >= 0.6 is 11.6 Å². The van der Waals surface area contributed by atoms with Gasteiger partial charge >= 0.3 is 0 Å². The first-order valence-electron chi connectivity index (χ1n) is 4.66. The molecule has 0 saturated carbocycles. The minimum Gasteiger partial charge on any atom is -0.390 e. The van der Waals surface area contributed by atoms with Crippen LogP contribution in [0.15, 0.2) is 18.3 Å². The molecule has 0 radical (unpaired) electrons. The summed E-state index contributed by atoms with van der Waals surface area (Å²) in [6.07, 6.45) is -0.105. The highest BCUT2D eigenvalue weighted by Gasteiger charge is 2.17. The maximum absolute atomic E-state index is 9.67. The molecule has 84 valence electrons. The maximum Gasteiger partial charge on any atom is 0.106 e. The number of nitrogens with zero attached hydrogens (tertiary/aromatic N) is 1. The van der Waals surface area contributed by atoms with Gasteiger partial charge in [-0.05, 0) is 12.5 Å². The molecule has 0 aliphatic heterocycles. The lowest BCUT2D eigenvalue weighted by molar-refractivity contribution is 0.0167. The third-order valence-corrected chi connectivity index (χ3v) is 2.34. The SMILES string of the molecule is OCc1ccc(C(O)C(O)CCCl)cn1. The van der Waals surface area contributed by atoms with E-state index in [9.17, 15) is 10.2 Å². The Balaban J connectivity index is 2.69. The number of alkyl halides is 1. The molecule has 1 heterocycles. The monoisotopic (exact) mass is 231 g/mol. The number of rotatable bonds is 5. The maximum atomic E-state index is 9.67. The highest BCUT2D eigenvalue weighted by atomic mass is 35.5. The number of aliphatic hydroxyl groups is 3. The molecule has 0 amide bonds. The van der Waals surface area contributed by atoms with Crippen LogP contribution in [0.25, 0.3) is 0 Å². The van der Waals surface area contributed by atoms with E-state index < -0.39 is 12.2 Å². The quantitative estimate of drug-likeness (QED) is 0.649. The number of aliphatic hydroxyl groups excluding tert-OH is 3. The predicted molar refractivity (Wildman–Crippen MR) is 56.5 cm³/mol. The molecule has 4 nitrogen and oxygen atoms in total. The lowest BCUT2D eigenvalue weighted by atomic mass is 10.0.